The number of halogens is 2. The molecule has 0 aliphatic carbocycles. The third-order valence-electron chi connectivity index (χ3n) is 4.87. The lowest BCUT2D eigenvalue weighted by atomic mass is 10.2. The highest BCUT2D eigenvalue weighted by atomic mass is 79.9. The fourth-order valence-corrected chi connectivity index (χ4v) is 3.72. The highest BCUT2D eigenvalue weighted by Gasteiger charge is 2.20. The molecule has 2 aromatic carbocycles. The van der Waals surface area contributed by atoms with Gasteiger partial charge in [-0.2, -0.15) is 0 Å². The van der Waals surface area contributed by atoms with Crippen molar-refractivity contribution in [2.75, 3.05) is 45.8 Å². The molecule has 7 nitrogen and oxygen atoms in total. The predicted molar refractivity (Wildman–Crippen MR) is 121 cm³/mol. The lowest BCUT2D eigenvalue weighted by molar-refractivity contribution is -0.0406. The smallest absolute Gasteiger partial charge is 0.163 e. The molecule has 0 radical (unpaired) electrons. The number of nitrogens with zero attached hydrogens (tertiary/aromatic N) is 3. The first kappa shape index (κ1) is 21.1. The Kier molecular flexibility index (Phi) is 6.58. The summed E-state index contributed by atoms with van der Waals surface area (Å²) < 4.78 is 18.2. The van der Waals surface area contributed by atoms with E-state index in [2.05, 4.69) is 43.2 Å². The largest absolute Gasteiger partial charge is 0.493 e. The molecule has 2 heterocycles. The minimum atomic E-state index is 0.0222. The van der Waals surface area contributed by atoms with Gasteiger partial charge in [-0.25, -0.2) is 9.97 Å². The van der Waals surface area contributed by atoms with Gasteiger partial charge in [0.1, 0.15) is 24.9 Å². The number of likely N-dealkylation sites (N-methyl/N-ethyl adjacent to an activating group) is 1. The molecule has 0 bridgehead atoms. The van der Waals surface area contributed by atoms with E-state index in [1.165, 1.54) is 6.33 Å². The highest BCUT2D eigenvalue weighted by Crippen LogP contribution is 2.35. The fourth-order valence-electron chi connectivity index (χ4n) is 3.30. The number of hydrogen-bond acceptors (Lipinski definition) is 7. The minimum absolute atomic E-state index is 0.0222. The summed E-state index contributed by atoms with van der Waals surface area (Å²) in [6.07, 6.45) is 1.54. The molecule has 4 rings (SSSR count). The molecule has 1 unspecified atom stereocenters. The van der Waals surface area contributed by atoms with Gasteiger partial charge in [-0.1, -0.05) is 11.6 Å². The molecule has 0 saturated carbocycles. The number of nitrogens with one attached hydrogen (secondary N) is 1. The second-order valence-corrected chi connectivity index (χ2v) is 8.32. The Morgan fingerprint density at radius 3 is 2.90 bits per heavy atom. The molecule has 1 fully saturated rings. The summed E-state index contributed by atoms with van der Waals surface area (Å²) in [6, 6.07) is 9.37. The number of anilines is 2. The van der Waals surface area contributed by atoms with Gasteiger partial charge in [0.05, 0.1) is 24.3 Å². The number of ether oxygens (including phenoxy) is 3. The average Bonchev–Trinajstić information content (AvgIpc) is 2.74. The average molecular weight is 494 g/mol. The van der Waals surface area contributed by atoms with E-state index >= 15 is 0 Å². The standard InChI is InChI=1S/C21H22BrClN4O3/c1-27-5-6-29-14(10-27)11-30-20-9-18-15(8-19(20)28-2)21(25-12-24-18)26-13-3-4-16(22)17(23)7-13/h3-4,7-9,12,14H,5-6,10-11H2,1-2H3,(H,24,25,26). The van der Waals surface area contributed by atoms with Crippen LogP contribution in [0.3, 0.4) is 0 Å². The van der Waals surface area contributed by atoms with Crippen molar-refractivity contribution in [3.05, 3.63) is 46.2 Å². The zero-order valence-corrected chi connectivity index (χ0v) is 19.0. The molecule has 9 heteroatoms. The predicted octanol–water partition coefficient (Wildman–Crippen LogP) is 4.51. The van der Waals surface area contributed by atoms with Gasteiger partial charge in [-0.15, -0.1) is 0 Å². The Morgan fingerprint density at radius 2 is 2.13 bits per heavy atom. The lowest BCUT2D eigenvalue weighted by Crippen LogP contribution is -2.42. The van der Waals surface area contributed by atoms with Crippen LogP contribution in [0.5, 0.6) is 11.5 Å². The van der Waals surface area contributed by atoms with E-state index in [-0.39, 0.29) is 6.10 Å². The molecule has 1 saturated heterocycles. The van der Waals surface area contributed by atoms with Crippen molar-refractivity contribution < 1.29 is 14.2 Å². The second kappa shape index (κ2) is 9.34. The van der Waals surface area contributed by atoms with Gasteiger partial charge in [0, 0.05) is 34.7 Å². The summed E-state index contributed by atoms with van der Waals surface area (Å²) in [4.78, 5) is 11.0. The summed E-state index contributed by atoms with van der Waals surface area (Å²) in [5.74, 6) is 1.89. The fraction of sp³-hybridized carbons (Fsp3) is 0.333. The van der Waals surface area contributed by atoms with Crippen LogP contribution in [0.15, 0.2) is 41.1 Å². The van der Waals surface area contributed by atoms with Gasteiger partial charge in [-0.05, 0) is 47.2 Å². The molecular weight excluding hydrogens is 472 g/mol. The van der Waals surface area contributed by atoms with Crippen LogP contribution in [-0.4, -0.2) is 61.4 Å². The zero-order valence-electron chi connectivity index (χ0n) is 16.7. The Morgan fingerprint density at radius 1 is 1.27 bits per heavy atom. The van der Waals surface area contributed by atoms with E-state index < -0.39 is 0 Å². The third-order valence-corrected chi connectivity index (χ3v) is 6.10. The molecular formula is C21H22BrClN4O3. The van der Waals surface area contributed by atoms with Crippen LogP contribution in [-0.2, 0) is 4.74 Å². The van der Waals surface area contributed by atoms with Crippen LogP contribution in [0, 0.1) is 0 Å². The van der Waals surface area contributed by atoms with Crippen molar-refractivity contribution >= 4 is 49.9 Å². The van der Waals surface area contributed by atoms with Crippen molar-refractivity contribution in [1.29, 1.82) is 0 Å². The van der Waals surface area contributed by atoms with Crippen LogP contribution >= 0.6 is 27.5 Å². The van der Waals surface area contributed by atoms with E-state index in [1.807, 2.05) is 30.3 Å². The zero-order chi connectivity index (χ0) is 21.1. The maximum atomic E-state index is 6.21. The van der Waals surface area contributed by atoms with Crippen molar-refractivity contribution in [3.63, 3.8) is 0 Å². The van der Waals surface area contributed by atoms with E-state index in [9.17, 15) is 0 Å². The summed E-state index contributed by atoms with van der Waals surface area (Å²) in [5.41, 5.74) is 1.56. The molecule has 1 N–H and O–H groups in total. The Hall–Kier alpha value is -2.13. The first-order valence-corrected chi connectivity index (χ1v) is 10.7. The summed E-state index contributed by atoms with van der Waals surface area (Å²) in [6.45, 7) is 2.93. The quantitative estimate of drug-likeness (QED) is 0.542. The van der Waals surface area contributed by atoms with Gasteiger partial charge in [0.25, 0.3) is 0 Å². The topological polar surface area (TPSA) is 68.7 Å². The van der Waals surface area contributed by atoms with E-state index in [1.54, 1.807) is 7.11 Å². The van der Waals surface area contributed by atoms with Crippen molar-refractivity contribution in [2.24, 2.45) is 0 Å². The van der Waals surface area contributed by atoms with E-state index in [4.69, 9.17) is 25.8 Å². The number of aromatic nitrogens is 2. The van der Waals surface area contributed by atoms with Gasteiger partial charge >= 0.3 is 0 Å². The van der Waals surface area contributed by atoms with Gasteiger partial charge in [-0.3, -0.25) is 0 Å². The molecule has 1 aromatic heterocycles. The van der Waals surface area contributed by atoms with Crippen LogP contribution in [0.1, 0.15) is 0 Å². The lowest BCUT2D eigenvalue weighted by Gasteiger charge is -2.30. The van der Waals surface area contributed by atoms with Gasteiger partial charge < -0.3 is 24.4 Å². The number of hydrogen-bond donors (Lipinski definition) is 1. The molecule has 0 spiro atoms. The van der Waals surface area contributed by atoms with Crippen LogP contribution in [0.4, 0.5) is 11.5 Å². The molecule has 1 atom stereocenters. The molecule has 1 aliphatic rings. The summed E-state index contributed by atoms with van der Waals surface area (Å²) in [7, 11) is 3.69. The summed E-state index contributed by atoms with van der Waals surface area (Å²) in [5, 5.41) is 4.72. The summed E-state index contributed by atoms with van der Waals surface area (Å²) >= 11 is 9.61. The first-order chi connectivity index (χ1) is 14.5. The number of rotatable bonds is 6. The first-order valence-electron chi connectivity index (χ1n) is 9.51. The maximum Gasteiger partial charge on any atom is 0.163 e. The number of methoxy groups -OCH3 is 1. The Labute approximate surface area is 188 Å². The second-order valence-electron chi connectivity index (χ2n) is 7.06. The SMILES string of the molecule is COc1cc2c(Nc3ccc(Br)c(Cl)c3)ncnc2cc1OCC1CN(C)CCO1. The van der Waals surface area contributed by atoms with Crippen molar-refractivity contribution in [3.8, 4) is 11.5 Å². The monoisotopic (exact) mass is 492 g/mol. The number of fused-ring (bicyclic) bond motifs is 1. The van der Waals surface area contributed by atoms with E-state index in [0.29, 0.717) is 35.6 Å². The molecule has 0 amide bonds. The van der Waals surface area contributed by atoms with Crippen molar-refractivity contribution in [2.45, 2.75) is 6.10 Å². The van der Waals surface area contributed by atoms with Crippen molar-refractivity contribution in [1.82, 2.24) is 14.9 Å². The van der Waals surface area contributed by atoms with Gasteiger partial charge in [0.15, 0.2) is 11.5 Å². The van der Waals surface area contributed by atoms with Gasteiger partial charge in [0.2, 0.25) is 0 Å². The van der Waals surface area contributed by atoms with Crippen LogP contribution in [0.25, 0.3) is 10.9 Å². The molecule has 1 aliphatic heterocycles. The third kappa shape index (κ3) is 4.78. The van der Waals surface area contributed by atoms with Crippen LogP contribution in [0.2, 0.25) is 5.02 Å². The van der Waals surface area contributed by atoms with Crippen LogP contribution < -0.4 is 14.8 Å². The Balaban J connectivity index is 1.59. The van der Waals surface area contributed by atoms with E-state index in [0.717, 1.165) is 34.2 Å². The normalized spacial score (nSPS) is 17.1. The maximum absolute atomic E-state index is 6.21. The molecule has 158 valence electrons. The Bertz CT molecular complexity index is 1050. The highest BCUT2D eigenvalue weighted by molar-refractivity contribution is 9.10. The minimum Gasteiger partial charge on any atom is -0.493 e. The number of morpholine rings is 1. The molecule has 30 heavy (non-hydrogen) atoms. The molecule has 3 aromatic rings. The number of benzene rings is 2.